The number of nitrogen functional groups attached to an aromatic ring is 1. The molecule has 4 N–H and O–H groups in total. The lowest BCUT2D eigenvalue weighted by Gasteiger charge is -2.25. The zero-order chi connectivity index (χ0) is 23.4. The van der Waals surface area contributed by atoms with Gasteiger partial charge in [-0.2, -0.15) is 0 Å². The van der Waals surface area contributed by atoms with Crippen LogP contribution in [0.4, 0.5) is 10.2 Å². The smallest absolute Gasteiger partial charge is 0.254 e. The highest BCUT2D eigenvalue weighted by Crippen LogP contribution is 2.75. The SMILES string of the molecule is Nc1ncc(C2CCC(O)CC2)nc1-c1ccc(C(=O)N[C@@H]2C3C[C@@]32c2ccccc2)c(F)c1. The van der Waals surface area contributed by atoms with E-state index in [1.807, 2.05) is 18.2 Å². The molecule has 1 heterocycles. The van der Waals surface area contributed by atoms with Crippen LogP contribution in [0.5, 0.6) is 0 Å². The van der Waals surface area contributed by atoms with Gasteiger partial charge in [-0.3, -0.25) is 4.79 Å². The number of benzene rings is 2. The molecule has 3 atom stereocenters. The molecule has 1 amide bonds. The summed E-state index contributed by atoms with van der Waals surface area (Å²) in [6.45, 7) is 0. The van der Waals surface area contributed by atoms with E-state index in [0.717, 1.165) is 37.8 Å². The number of nitrogens with one attached hydrogen (secondary N) is 1. The quantitative estimate of drug-likeness (QED) is 0.537. The van der Waals surface area contributed by atoms with Crippen LogP contribution in [0, 0.1) is 11.7 Å². The van der Waals surface area contributed by atoms with Crippen molar-refractivity contribution < 1.29 is 14.3 Å². The first-order valence-corrected chi connectivity index (χ1v) is 11.9. The molecule has 1 unspecified atom stereocenters. The fourth-order valence-electron chi connectivity index (χ4n) is 5.66. The van der Waals surface area contributed by atoms with E-state index in [0.29, 0.717) is 17.2 Å². The van der Waals surface area contributed by atoms with Crippen LogP contribution in [0.2, 0.25) is 0 Å². The van der Waals surface area contributed by atoms with Gasteiger partial charge >= 0.3 is 0 Å². The van der Waals surface area contributed by atoms with Gasteiger partial charge in [0.1, 0.15) is 17.3 Å². The maximum absolute atomic E-state index is 15.0. The summed E-state index contributed by atoms with van der Waals surface area (Å²) in [6.07, 6.45) is 5.61. The first-order chi connectivity index (χ1) is 16.5. The van der Waals surface area contributed by atoms with Gasteiger partial charge in [0.2, 0.25) is 0 Å². The zero-order valence-corrected chi connectivity index (χ0v) is 18.7. The van der Waals surface area contributed by atoms with E-state index in [4.69, 9.17) is 5.73 Å². The maximum atomic E-state index is 15.0. The van der Waals surface area contributed by atoms with Crippen LogP contribution in [0.25, 0.3) is 11.3 Å². The molecular weight excluding hydrogens is 431 g/mol. The van der Waals surface area contributed by atoms with Crippen molar-refractivity contribution in [1.29, 1.82) is 0 Å². The van der Waals surface area contributed by atoms with Crippen molar-refractivity contribution in [3.05, 3.63) is 77.4 Å². The van der Waals surface area contributed by atoms with Crippen molar-refractivity contribution in [3.63, 3.8) is 0 Å². The normalized spacial score (nSPS) is 29.2. The van der Waals surface area contributed by atoms with E-state index in [9.17, 15) is 9.90 Å². The Balaban J connectivity index is 1.19. The van der Waals surface area contributed by atoms with Crippen molar-refractivity contribution in [2.45, 2.75) is 55.6 Å². The van der Waals surface area contributed by atoms with Crippen LogP contribution in [0.1, 0.15) is 59.6 Å². The molecule has 174 valence electrons. The molecule has 1 aromatic heterocycles. The number of halogens is 1. The van der Waals surface area contributed by atoms with Crippen LogP contribution in [0.15, 0.2) is 54.7 Å². The highest BCUT2D eigenvalue weighted by Gasteiger charge is 2.79. The number of fused-ring (bicyclic) bond motifs is 1. The summed E-state index contributed by atoms with van der Waals surface area (Å²) >= 11 is 0. The number of aliphatic hydroxyl groups excluding tert-OH is 1. The average molecular weight is 459 g/mol. The number of nitrogens with two attached hydrogens (primary N) is 1. The number of rotatable bonds is 5. The van der Waals surface area contributed by atoms with Crippen LogP contribution in [-0.4, -0.2) is 33.1 Å². The first kappa shape index (κ1) is 21.2. The summed E-state index contributed by atoms with van der Waals surface area (Å²) in [5.41, 5.74) is 9.07. The van der Waals surface area contributed by atoms with E-state index in [1.54, 1.807) is 12.3 Å². The maximum Gasteiger partial charge on any atom is 0.254 e. The average Bonchev–Trinajstić information content (AvgIpc) is 3.74. The molecule has 3 aliphatic carbocycles. The Kier molecular flexibility index (Phi) is 4.92. The molecule has 0 spiro atoms. The van der Waals surface area contributed by atoms with E-state index < -0.39 is 11.7 Å². The van der Waals surface area contributed by atoms with Gasteiger partial charge in [-0.1, -0.05) is 36.4 Å². The van der Waals surface area contributed by atoms with E-state index >= 15 is 4.39 Å². The predicted molar refractivity (Wildman–Crippen MR) is 127 cm³/mol. The van der Waals surface area contributed by atoms with Gasteiger partial charge in [0.25, 0.3) is 5.91 Å². The van der Waals surface area contributed by atoms with Gasteiger partial charge in [0, 0.05) is 22.9 Å². The van der Waals surface area contributed by atoms with Crippen LogP contribution in [0.3, 0.4) is 0 Å². The Morgan fingerprint density at radius 2 is 1.88 bits per heavy atom. The fourth-order valence-corrected chi connectivity index (χ4v) is 5.66. The number of anilines is 1. The summed E-state index contributed by atoms with van der Waals surface area (Å²) in [5.74, 6) is -0.137. The number of aromatic nitrogens is 2. The Morgan fingerprint density at radius 1 is 1.12 bits per heavy atom. The molecular formula is C27H27FN4O2. The number of amides is 1. The molecule has 0 bridgehead atoms. The monoisotopic (exact) mass is 458 g/mol. The number of hydrogen-bond donors (Lipinski definition) is 3. The molecule has 3 saturated carbocycles. The molecule has 0 aliphatic heterocycles. The van der Waals surface area contributed by atoms with Crippen LogP contribution < -0.4 is 11.1 Å². The molecule has 0 saturated heterocycles. The molecule has 3 fully saturated rings. The van der Waals surface area contributed by atoms with Gasteiger partial charge < -0.3 is 16.2 Å². The second-order valence-corrected chi connectivity index (χ2v) is 9.90. The summed E-state index contributed by atoms with van der Waals surface area (Å²) < 4.78 is 15.0. The number of hydrogen-bond acceptors (Lipinski definition) is 5. The Hall–Kier alpha value is -3.32. The minimum Gasteiger partial charge on any atom is -0.393 e. The zero-order valence-electron chi connectivity index (χ0n) is 18.7. The van der Waals surface area contributed by atoms with Crippen molar-refractivity contribution in [3.8, 4) is 11.3 Å². The van der Waals surface area contributed by atoms with Gasteiger partial charge in [0.05, 0.1) is 23.6 Å². The molecule has 3 aromatic rings. The van der Waals surface area contributed by atoms with E-state index in [-0.39, 0.29) is 34.9 Å². The van der Waals surface area contributed by atoms with Gasteiger partial charge in [0.15, 0.2) is 0 Å². The number of carbonyl (C=O) groups excluding carboxylic acids is 1. The first-order valence-electron chi connectivity index (χ1n) is 11.9. The largest absolute Gasteiger partial charge is 0.393 e. The van der Waals surface area contributed by atoms with Crippen molar-refractivity contribution in [1.82, 2.24) is 15.3 Å². The lowest BCUT2D eigenvalue weighted by Crippen LogP contribution is -2.33. The molecule has 3 aliphatic rings. The molecule has 6 rings (SSSR count). The fraction of sp³-hybridized carbons (Fsp3) is 0.370. The third-order valence-corrected chi connectivity index (χ3v) is 7.93. The molecule has 34 heavy (non-hydrogen) atoms. The highest BCUT2D eigenvalue weighted by molar-refractivity contribution is 5.96. The lowest BCUT2D eigenvalue weighted by molar-refractivity contribution is 0.0938. The standard InChI is InChI=1S/C27H27FN4O2/c28-21-12-16(23-25(29)30-14-22(31-23)15-6-9-18(33)10-7-15)8-11-19(21)26(34)32-24-20-13-27(20,24)17-4-2-1-3-5-17/h1-5,8,11-12,14-15,18,20,24,33H,6-7,9-10,13H2,(H2,29,30)(H,32,34)/t15?,18?,20?,24-,27-/m1/s1. The summed E-state index contributed by atoms with van der Waals surface area (Å²) in [7, 11) is 0. The molecule has 6 nitrogen and oxygen atoms in total. The predicted octanol–water partition coefficient (Wildman–Crippen LogP) is 3.95. The minimum absolute atomic E-state index is 0.0159. The van der Waals surface area contributed by atoms with Crippen molar-refractivity contribution in [2.75, 3.05) is 5.73 Å². The van der Waals surface area contributed by atoms with E-state index in [2.05, 4.69) is 27.4 Å². The second-order valence-electron chi connectivity index (χ2n) is 9.90. The number of aliphatic hydroxyl groups is 1. The third kappa shape index (κ3) is 3.46. The third-order valence-electron chi connectivity index (χ3n) is 7.93. The summed E-state index contributed by atoms with van der Waals surface area (Å²) in [5, 5.41) is 12.8. The van der Waals surface area contributed by atoms with Gasteiger partial charge in [-0.05, 0) is 55.7 Å². The van der Waals surface area contributed by atoms with Gasteiger partial charge in [-0.25, -0.2) is 14.4 Å². The number of carbonyl (C=O) groups is 1. The minimum atomic E-state index is -0.606. The Bertz CT molecular complexity index is 1260. The van der Waals surface area contributed by atoms with E-state index in [1.165, 1.54) is 17.7 Å². The molecule has 2 aromatic carbocycles. The summed E-state index contributed by atoms with van der Waals surface area (Å²) in [4.78, 5) is 21.8. The Labute approximate surface area is 197 Å². The summed E-state index contributed by atoms with van der Waals surface area (Å²) in [6, 6.07) is 14.7. The van der Waals surface area contributed by atoms with Crippen LogP contribution >= 0.6 is 0 Å². The van der Waals surface area contributed by atoms with Crippen molar-refractivity contribution >= 4 is 11.7 Å². The Morgan fingerprint density at radius 3 is 2.59 bits per heavy atom. The van der Waals surface area contributed by atoms with Gasteiger partial charge in [-0.15, -0.1) is 0 Å². The highest BCUT2D eigenvalue weighted by atomic mass is 19.1. The lowest BCUT2D eigenvalue weighted by atomic mass is 9.85. The number of nitrogens with zero attached hydrogens (tertiary/aromatic N) is 2. The molecule has 0 radical (unpaired) electrons. The molecule has 7 heteroatoms. The van der Waals surface area contributed by atoms with Crippen LogP contribution in [-0.2, 0) is 5.41 Å². The second kappa shape index (κ2) is 7.87. The van der Waals surface area contributed by atoms with Crippen molar-refractivity contribution in [2.24, 2.45) is 5.92 Å². The topological polar surface area (TPSA) is 101 Å².